The Morgan fingerprint density at radius 2 is 1.06 bits per heavy atom. The van der Waals surface area contributed by atoms with Gasteiger partial charge in [0.2, 0.25) is 0 Å². The molecule has 0 radical (unpaired) electrons. The number of hydrogen-bond donors (Lipinski definition) is 0. The molecule has 0 fully saturated rings. The molecule has 2 aromatic carbocycles. The molecule has 0 aliphatic rings. The zero-order valence-electron chi connectivity index (χ0n) is 10.6. The van der Waals surface area contributed by atoms with E-state index in [0.29, 0.717) is 0 Å². The maximum atomic E-state index is 2.20. The maximum absolute atomic E-state index is 2.20. The standard InChI is InChI=1S/C16H16S2/c1-17-15-9-5-3-7-13(15)11-12-14-8-4-6-10-16(14)18-2/h3-12H,1-2H3/b12-11+. The highest BCUT2D eigenvalue weighted by molar-refractivity contribution is 7.98. The van der Waals surface area contributed by atoms with Crippen molar-refractivity contribution in [1.29, 1.82) is 0 Å². The van der Waals surface area contributed by atoms with Crippen molar-refractivity contribution in [2.24, 2.45) is 0 Å². The maximum Gasteiger partial charge on any atom is 0.0142 e. The van der Waals surface area contributed by atoms with Crippen molar-refractivity contribution >= 4 is 35.7 Å². The van der Waals surface area contributed by atoms with Gasteiger partial charge in [-0.3, -0.25) is 0 Å². The summed E-state index contributed by atoms with van der Waals surface area (Å²) in [7, 11) is 0. The molecule has 0 N–H and O–H groups in total. The molecule has 0 unspecified atom stereocenters. The Hall–Kier alpha value is -1.12. The lowest BCUT2D eigenvalue weighted by Gasteiger charge is -2.03. The smallest absolute Gasteiger partial charge is 0.0142 e. The quantitative estimate of drug-likeness (QED) is 0.547. The predicted octanol–water partition coefficient (Wildman–Crippen LogP) is 5.30. The van der Waals surface area contributed by atoms with Crippen LogP contribution in [-0.2, 0) is 0 Å². The first-order chi connectivity index (χ1) is 8.85. The second kappa shape index (κ2) is 6.72. The van der Waals surface area contributed by atoms with Crippen LogP contribution in [0.1, 0.15) is 11.1 Å². The molecule has 2 heteroatoms. The van der Waals surface area contributed by atoms with Crippen molar-refractivity contribution in [3.8, 4) is 0 Å². The lowest BCUT2D eigenvalue weighted by Crippen LogP contribution is -1.79. The third kappa shape index (κ3) is 3.21. The fourth-order valence-electron chi connectivity index (χ4n) is 1.79. The monoisotopic (exact) mass is 272 g/mol. The van der Waals surface area contributed by atoms with E-state index in [-0.39, 0.29) is 0 Å². The van der Waals surface area contributed by atoms with Crippen molar-refractivity contribution < 1.29 is 0 Å². The average Bonchev–Trinajstić information content (AvgIpc) is 2.45. The molecular weight excluding hydrogens is 256 g/mol. The topological polar surface area (TPSA) is 0 Å². The van der Waals surface area contributed by atoms with Crippen molar-refractivity contribution in [1.82, 2.24) is 0 Å². The van der Waals surface area contributed by atoms with Crippen LogP contribution in [-0.4, -0.2) is 12.5 Å². The Morgan fingerprint density at radius 1 is 0.667 bits per heavy atom. The van der Waals surface area contributed by atoms with Gasteiger partial charge in [0.1, 0.15) is 0 Å². The first-order valence-corrected chi connectivity index (χ1v) is 8.24. The molecule has 0 aliphatic carbocycles. The van der Waals surface area contributed by atoms with Crippen LogP contribution in [0.4, 0.5) is 0 Å². The van der Waals surface area contributed by atoms with E-state index in [4.69, 9.17) is 0 Å². The summed E-state index contributed by atoms with van der Waals surface area (Å²) < 4.78 is 0. The number of hydrogen-bond acceptors (Lipinski definition) is 2. The van der Waals surface area contributed by atoms with Crippen LogP contribution in [0.3, 0.4) is 0 Å². The van der Waals surface area contributed by atoms with Crippen LogP contribution < -0.4 is 0 Å². The Bertz CT molecular complexity index is 495. The summed E-state index contributed by atoms with van der Waals surface area (Å²) in [4.78, 5) is 2.63. The van der Waals surface area contributed by atoms with E-state index in [1.165, 1.54) is 20.9 Å². The SMILES string of the molecule is CSc1ccccc1/C=C/c1ccccc1SC. The summed E-state index contributed by atoms with van der Waals surface area (Å²) in [6.45, 7) is 0. The Balaban J connectivity index is 2.30. The predicted molar refractivity (Wildman–Crippen MR) is 85.4 cm³/mol. The van der Waals surface area contributed by atoms with Gasteiger partial charge in [0.25, 0.3) is 0 Å². The molecule has 0 aromatic heterocycles. The Kier molecular flexibility index (Phi) is 4.97. The molecular formula is C16H16S2. The lowest BCUT2D eigenvalue weighted by molar-refractivity contribution is 1.41. The minimum absolute atomic E-state index is 1.28. The fourth-order valence-corrected chi connectivity index (χ4v) is 2.96. The zero-order valence-corrected chi connectivity index (χ0v) is 12.2. The van der Waals surface area contributed by atoms with E-state index in [9.17, 15) is 0 Å². The van der Waals surface area contributed by atoms with Gasteiger partial charge in [0.05, 0.1) is 0 Å². The summed E-state index contributed by atoms with van der Waals surface area (Å²) >= 11 is 3.57. The highest BCUT2D eigenvalue weighted by Crippen LogP contribution is 2.25. The molecule has 0 saturated heterocycles. The van der Waals surface area contributed by atoms with Crippen LogP contribution >= 0.6 is 23.5 Å². The fraction of sp³-hybridized carbons (Fsp3) is 0.125. The molecule has 0 saturated carbocycles. The molecule has 18 heavy (non-hydrogen) atoms. The van der Waals surface area contributed by atoms with Crippen molar-refractivity contribution in [3.63, 3.8) is 0 Å². The second-order valence-corrected chi connectivity index (χ2v) is 5.51. The van der Waals surface area contributed by atoms with Crippen LogP contribution in [0.5, 0.6) is 0 Å². The van der Waals surface area contributed by atoms with Gasteiger partial charge in [-0.15, -0.1) is 23.5 Å². The molecule has 0 amide bonds. The van der Waals surface area contributed by atoms with Gasteiger partial charge in [0, 0.05) is 9.79 Å². The van der Waals surface area contributed by atoms with Gasteiger partial charge in [-0.1, -0.05) is 48.6 Å². The van der Waals surface area contributed by atoms with Crippen molar-refractivity contribution in [3.05, 3.63) is 59.7 Å². The first-order valence-electron chi connectivity index (χ1n) is 5.79. The van der Waals surface area contributed by atoms with Gasteiger partial charge >= 0.3 is 0 Å². The Morgan fingerprint density at radius 3 is 1.44 bits per heavy atom. The normalized spacial score (nSPS) is 11.0. The van der Waals surface area contributed by atoms with Gasteiger partial charge in [-0.2, -0.15) is 0 Å². The Labute approximate surface area is 118 Å². The summed E-state index contributed by atoms with van der Waals surface area (Å²) in [5, 5.41) is 0. The first kappa shape index (κ1) is 13.3. The van der Waals surface area contributed by atoms with Gasteiger partial charge in [-0.25, -0.2) is 0 Å². The molecule has 0 bridgehead atoms. The zero-order chi connectivity index (χ0) is 12.8. The molecule has 92 valence electrons. The van der Waals surface area contributed by atoms with Crippen molar-refractivity contribution in [2.45, 2.75) is 9.79 Å². The largest absolute Gasteiger partial charge is 0.129 e. The van der Waals surface area contributed by atoms with Gasteiger partial charge in [0.15, 0.2) is 0 Å². The molecule has 2 rings (SSSR count). The molecule has 0 nitrogen and oxygen atoms in total. The summed E-state index contributed by atoms with van der Waals surface area (Å²) in [6, 6.07) is 17.0. The molecule has 0 atom stereocenters. The molecule has 0 spiro atoms. The highest BCUT2D eigenvalue weighted by Gasteiger charge is 1.98. The molecule has 2 aromatic rings. The average molecular weight is 272 g/mol. The van der Waals surface area contributed by atoms with Crippen LogP contribution in [0, 0.1) is 0 Å². The number of benzene rings is 2. The number of rotatable bonds is 4. The molecule has 0 heterocycles. The summed E-state index contributed by atoms with van der Waals surface area (Å²) in [5.41, 5.74) is 2.56. The van der Waals surface area contributed by atoms with E-state index >= 15 is 0 Å². The van der Waals surface area contributed by atoms with E-state index in [1.807, 2.05) is 0 Å². The summed E-state index contributed by atoms with van der Waals surface area (Å²) in [5.74, 6) is 0. The second-order valence-electron chi connectivity index (χ2n) is 3.82. The minimum atomic E-state index is 1.28. The van der Waals surface area contributed by atoms with Gasteiger partial charge in [-0.05, 0) is 35.8 Å². The molecule has 0 aliphatic heterocycles. The summed E-state index contributed by atoms with van der Waals surface area (Å²) in [6.07, 6.45) is 8.62. The van der Waals surface area contributed by atoms with E-state index in [0.717, 1.165) is 0 Å². The van der Waals surface area contributed by atoms with Crippen LogP contribution in [0.2, 0.25) is 0 Å². The van der Waals surface area contributed by atoms with E-state index < -0.39 is 0 Å². The third-order valence-electron chi connectivity index (χ3n) is 2.72. The lowest BCUT2D eigenvalue weighted by atomic mass is 10.1. The van der Waals surface area contributed by atoms with Gasteiger partial charge < -0.3 is 0 Å². The third-order valence-corrected chi connectivity index (χ3v) is 4.34. The van der Waals surface area contributed by atoms with Crippen LogP contribution in [0.15, 0.2) is 58.3 Å². The minimum Gasteiger partial charge on any atom is -0.129 e. The van der Waals surface area contributed by atoms with E-state index in [1.54, 1.807) is 23.5 Å². The van der Waals surface area contributed by atoms with Crippen molar-refractivity contribution in [2.75, 3.05) is 12.5 Å². The van der Waals surface area contributed by atoms with Crippen LogP contribution in [0.25, 0.3) is 12.2 Å². The highest BCUT2D eigenvalue weighted by atomic mass is 32.2. The van der Waals surface area contributed by atoms with E-state index in [2.05, 4.69) is 73.2 Å². The number of thioether (sulfide) groups is 2.